The molecule has 0 saturated carbocycles. The topological polar surface area (TPSA) is 38.3 Å². The first-order chi connectivity index (χ1) is 9.97. The summed E-state index contributed by atoms with van der Waals surface area (Å²) >= 11 is 5.89. The van der Waals surface area contributed by atoms with Crippen molar-refractivity contribution in [3.8, 4) is 5.75 Å². The van der Waals surface area contributed by atoms with Gasteiger partial charge in [0.1, 0.15) is 5.75 Å². The monoisotopic (exact) mass is 303 g/mol. The van der Waals surface area contributed by atoms with Crippen molar-refractivity contribution in [3.05, 3.63) is 58.6 Å². The Balaban J connectivity index is 2.04. The first kappa shape index (κ1) is 15.4. The molecule has 0 aliphatic carbocycles. The molecule has 2 aromatic carbocycles. The van der Waals surface area contributed by atoms with Gasteiger partial charge in [-0.1, -0.05) is 29.8 Å². The lowest BCUT2D eigenvalue weighted by Crippen LogP contribution is -2.30. The summed E-state index contributed by atoms with van der Waals surface area (Å²) in [6, 6.07) is 12.8. The van der Waals surface area contributed by atoms with Crippen LogP contribution in [0.1, 0.15) is 18.1 Å². The van der Waals surface area contributed by atoms with E-state index in [1.807, 2.05) is 32.0 Å². The van der Waals surface area contributed by atoms with Crippen molar-refractivity contribution in [2.24, 2.45) is 0 Å². The minimum atomic E-state index is -0.593. The normalized spacial score (nSPS) is 11.8. The van der Waals surface area contributed by atoms with E-state index in [-0.39, 0.29) is 5.91 Å². The summed E-state index contributed by atoms with van der Waals surface area (Å²) < 4.78 is 5.75. The molecule has 0 heterocycles. The highest BCUT2D eigenvalue weighted by Crippen LogP contribution is 2.22. The number of hydrogen-bond acceptors (Lipinski definition) is 2. The average molecular weight is 304 g/mol. The summed E-state index contributed by atoms with van der Waals surface area (Å²) in [4.78, 5) is 12.1. The number of ether oxygens (including phenoxy) is 1. The summed E-state index contributed by atoms with van der Waals surface area (Å²) in [6.07, 6.45) is -0.593. The number of hydrogen-bond donors (Lipinski definition) is 1. The fraction of sp³-hybridized carbons (Fsp3) is 0.235. The van der Waals surface area contributed by atoms with Crippen molar-refractivity contribution in [1.82, 2.24) is 0 Å². The van der Waals surface area contributed by atoms with Crippen molar-refractivity contribution in [2.45, 2.75) is 26.9 Å². The molecule has 0 fully saturated rings. The summed E-state index contributed by atoms with van der Waals surface area (Å²) in [5.41, 5.74) is 2.83. The smallest absolute Gasteiger partial charge is 0.265 e. The molecule has 0 aliphatic rings. The fourth-order valence-electron chi connectivity index (χ4n) is 1.91. The minimum Gasteiger partial charge on any atom is -0.481 e. The van der Waals surface area contributed by atoms with Crippen LogP contribution in [0, 0.1) is 13.8 Å². The van der Waals surface area contributed by atoms with Crippen LogP contribution in [0.5, 0.6) is 5.75 Å². The van der Waals surface area contributed by atoms with Crippen LogP contribution in [0.2, 0.25) is 5.02 Å². The van der Waals surface area contributed by atoms with Crippen LogP contribution >= 0.6 is 11.6 Å². The van der Waals surface area contributed by atoms with Crippen LogP contribution in [0.3, 0.4) is 0 Å². The molecule has 3 nitrogen and oxygen atoms in total. The Labute approximate surface area is 129 Å². The third kappa shape index (κ3) is 3.99. The molecule has 110 valence electrons. The molecule has 2 rings (SSSR count). The van der Waals surface area contributed by atoms with Gasteiger partial charge in [0.2, 0.25) is 0 Å². The third-order valence-electron chi connectivity index (χ3n) is 3.32. The number of benzene rings is 2. The van der Waals surface area contributed by atoms with Crippen LogP contribution < -0.4 is 10.1 Å². The van der Waals surface area contributed by atoms with Gasteiger partial charge in [-0.05, 0) is 56.2 Å². The Morgan fingerprint density at radius 1 is 1.19 bits per heavy atom. The van der Waals surface area contributed by atoms with E-state index in [0.717, 1.165) is 16.9 Å². The number of aryl methyl sites for hydroxylation is 1. The molecule has 1 amide bonds. The van der Waals surface area contributed by atoms with E-state index in [2.05, 4.69) is 5.32 Å². The number of nitrogens with one attached hydrogen (secondary N) is 1. The fourth-order valence-corrected chi connectivity index (χ4v) is 2.10. The van der Waals surface area contributed by atoms with Gasteiger partial charge in [-0.25, -0.2) is 0 Å². The van der Waals surface area contributed by atoms with Crippen molar-refractivity contribution in [3.63, 3.8) is 0 Å². The van der Waals surface area contributed by atoms with Crippen LogP contribution in [0.25, 0.3) is 0 Å². The lowest BCUT2D eigenvalue weighted by Gasteiger charge is -2.17. The predicted octanol–water partition coefficient (Wildman–Crippen LogP) is 4.36. The molecule has 0 aliphatic heterocycles. The van der Waals surface area contributed by atoms with E-state index in [1.54, 1.807) is 31.2 Å². The summed E-state index contributed by atoms with van der Waals surface area (Å²) in [6.45, 7) is 5.72. The number of amides is 1. The zero-order chi connectivity index (χ0) is 15.4. The lowest BCUT2D eigenvalue weighted by molar-refractivity contribution is -0.122. The first-order valence-electron chi connectivity index (χ1n) is 6.76. The SMILES string of the molecule is Cc1cccc(O[C@@H](C)C(=O)Nc2cccc(Cl)c2)c1C. The second kappa shape index (κ2) is 6.64. The molecule has 1 N–H and O–H groups in total. The average Bonchev–Trinajstić information content (AvgIpc) is 2.44. The largest absolute Gasteiger partial charge is 0.481 e. The molecule has 0 radical (unpaired) electrons. The Hall–Kier alpha value is -2.00. The maximum Gasteiger partial charge on any atom is 0.265 e. The van der Waals surface area contributed by atoms with Gasteiger partial charge in [0.25, 0.3) is 5.91 Å². The molecule has 2 aromatic rings. The highest BCUT2D eigenvalue weighted by Gasteiger charge is 2.16. The highest BCUT2D eigenvalue weighted by atomic mass is 35.5. The van der Waals surface area contributed by atoms with Crippen molar-refractivity contribution in [2.75, 3.05) is 5.32 Å². The van der Waals surface area contributed by atoms with Crippen molar-refractivity contribution >= 4 is 23.2 Å². The van der Waals surface area contributed by atoms with E-state index in [9.17, 15) is 4.79 Å². The van der Waals surface area contributed by atoms with Crippen LogP contribution in [-0.4, -0.2) is 12.0 Å². The van der Waals surface area contributed by atoms with E-state index in [0.29, 0.717) is 10.7 Å². The quantitative estimate of drug-likeness (QED) is 0.911. The standard InChI is InChI=1S/C17H18ClNO2/c1-11-6-4-9-16(12(11)2)21-13(3)17(20)19-15-8-5-7-14(18)10-15/h4-10,13H,1-3H3,(H,19,20)/t13-/m0/s1. The molecule has 1 atom stereocenters. The van der Waals surface area contributed by atoms with E-state index < -0.39 is 6.10 Å². The molecular weight excluding hydrogens is 286 g/mol. The molecule has 0 bridgehead atoms. The van der Waals surface area contributed by atoms with E-state index in [4.69, 9.17) is 16.3 Å². The van der Waals surface area contributed by atoms with Gasteiger partial charge in [0, 0.05) is 10.7 Å². The van der Waals surface area contributed by atoms with E-state index in [1.165, 1.54) is 0 Å². The number of halogens is 1. The van der Waals surface area contributed by atoms with Gasteiger partial charge in [-0.15, -0.1) is 0 Å². The number of carbonyl (C=O) groups is 1. The Bertz CT molecular complexity index is 655. The van der Waals surface area contributed by atoms with Crippen LogP contribution in [0.4, 0.5) is 5.69 Å². The van der Waals surface area contributed by atoms with Crippen LogP contribution in [0.15, 0.2) is 42.5 Å². The highest BCUT2D eigenvalue weighted by molar-refractivity contribution is 6.30. The van der Waals surface area contributed by atoms with Crippen molar-refractivity contribution < 1.29 is 9.53 Å². The minimum absolute atomic E-state index is 0.210. The molecule has 21 heavy (non-hydrogen) atoms. The van der Waals surface area contributed by atoms with Gasteiger partial charge < -0.3 is 10.1 Å². The molecule has 0 unspecified atom stereocenters. The first-order valence-corrected chi connectivity index (χ1v) is 7.14. The zero-order valence-corrected chi connectivity index (χ0v) is 13.1. The number of anilines is 1. The third-order valence-corrected chi connectivity index (χ3v) is 3.56. The van der Waals surface area contributed by atoms with Gasteiger partial charge in [-0.2, -0.15) is 0 Å². The van der Waals surface area contributed by atoms with E-state index >= 15 is 0 Å². The summed E-state index contributed by atoms with van der Waals surface area (Å²) in [7, 11) is 0. The molecule has 0 spiro atoms. The van der Waals surface area contributed by atoms with Gasteiger partial charge in [0.15, 0.2) is 6.10 Å². The predicted molar refractivity (Wildman–Crippen MR) is 86.1 cm³/mol. The summed E-state index contributed by atoms with van der Waals surface area (Å²) in [5.74, 6) is 0.516. The maximum atomic E-state index is 12.1. The Morgan fingerprint density at radius 3 is 2.62 bits per heavy atom. The lowest BCUT2D eigenvalue weighted by atomic mass is 10.1. The summed E-state index contributed by atoms with van der Waals surface area (Å²) in [5, 5.41) is 3.37. The molecule has 4 heteroatoms. The Morgan fingerprint density at radius 2 is 1.90 bits per heavy atom. The van der Waals surface area contributed by atoms with Crippen LogP contribution in [-0.2, 0) is 4.79 Å². The van der Waals surface area contributed by atoms with Gasteiger partial charge in [-0.3, -0.25) is 4.79 Å². The molecule has 0 aromatic heterocycles. The van der Waals surface area contributed by atoms with Gasteiger partial charge in [0.05, 0.1) is 0 Å². The number of rotatable bonds is 4. The molecule has 0 saturated heterocycles. The van der Waals surface area contributed by atoms with Gasteiger partial charge >= 0.3 is 0 Å². The second-order valence-corrected chi connectivity index (χ2v) is 5.39. The number of carbonyl (C=O) groups excluding carboxylic acids is 1. The maximum absolute atomic E-state index is 12.1. The second-order valence-electron chi connectivity index (χ2n) is 4.96. The Kier molecular flexibility index (Phi) is 4.86. The molecular formula is C17H18ClNO2. The van der Waals surface area contributed by atoms with Crippen molar-refractivity contribution in [1.29, 1.82) is 0 Å². The zero-order valence-electron chi connectivity index (χ0n) is 12.3.